The molecule has 1 aromatic carbocycles. The number of amides is 2. The summed E-state index contributed by atoms with van der Waals surface area (Å²) in [7, 11) is 1.82. The number of thiophene rings is 1. The minimum atomic E-state index is -0.258. The largest absolute Gasteiger partial charge is 0.341 e. The van der Waals surface area contributed by atoms with Gasteiger partial charge in [0.15, 0.2) is 5.82 Å². The molecule has 31 heavy (non-hydrogen) atoms. The molecule has 7 heteroatoms. The summed E-state index contributed by atoms with van der Waals surface area (Å²) in [6.07, 6.45) is 4.92. The number of imidazole rings is 1. The number of aryl methyl sites for hydroxylation is 1. The van der Waals surface area contributed by atoms with Gasteiger partial charge in [0.05, 0.1) is 5.92 Å². The molecule has 0 spiro atoms. The van der Waals surface area contributed by atoms with Crippen LogP contribution in [0.15, 0.2) is 54.2 Å². The van der Waals surface area contributed by atoms with E-state index in [-0.39, 0.29) is 17.7 Å². The normalized spacial score (nSPS) is 17.1. The number of carbonyl (C=O) groups is 2. The second-order valence-electron chi connectivity index (χ2n) is 8.01. The first kappa shape index (κ1) is 21.3. The van der Waals surface area contributed by atoms with E-state index >= 15 is 0 Å². The Bertz CT molecular complexity index is 1030. The topological polar surface area (TPSA) is 58.4 Å². The molecular weight excluding hydrogens is 408 g/mol. The van der Waals surface area contributed by atoms with Gasteiger partial charge in [0.25, 0.3) is 5.91 Å². The van der Waals surface area contributed by atoms with E-state index in [0.717, 1.165) is 18.5 Å². The Morgan fingerprint density at radius 1 is 1.19 bits per heavy atom. The maximum atomic E-state index is 13.3. The van der Waals surface area contributed by atoms with Crippen LogP contribution < -0.4 is 0 Å². The van der Waals surface area contributed by atoms with Gasteiger partial charge < -0.3 is 14.4 Å². The quantitative estimate of drug-likeness (QED) is 0.592. The Morgan fingerprint density at radius 3 is 2.65 bits per heavy atom. The average molecular weight is 437 g/mol. The van der Waals surface area contributed by atoms with Crippen molar-refractivity contribution in [3.63, 3.8) is 0 Å². The zero-order valence-corrected chi connectivity index (χ0v) is 18.8. The number of hydrogen-bond acceptors (Lipinski definition) is 4. The van der Waals surface area contributed by atoms with Crippen molar-refractivity contribution in [1.82, 2.24) is 19.4 Å². The van der Waals surface area contributed by atoms with Crippen molar-refractivity contribution < 1.29 is 9.59 Å². The van der Waals surface area contributed by atoms with Crippen molar-refractivity contribution in [3.05, 3.63) is 65.6 Å². The molecule has 0 bridgehead atoms. The lowest BCUT2D eigenvalue weighted by Crippen LogP contribution is -2.38. The van der Waals surface area contributed by atoms with Crippen LogP contribution in [0.4, 0.5) is 0 Å². The van der Waals surface area contributed by atoms with E-state index in [1.165, 1.54) is 10.4 Å². The number of benzene rings is 1. The summed E-state index contributed by atoms with van der Waals surface area (Å²) >= 11 is 1.72. The van der Waals surface area contributed by atoms with Gasteiger partial charge in [-0.2, -0.15) is 0 Å². The lowest BCUT2D eigenvalue weighted by molar-refractivity contribution is -0.134. The highest BCUT2D eigenvalue weighted by Gasteiger charge is 2.33. The lowest BCUT2D eigenvalue weighted by atomic mass is 9.96. The van der Waals surface area contributed by atoms with Crippen molar-refractivity contribution in [2.24, 2.45) is 13.0 Å². The van der Waals surface area contributed by atoms with Gasteiger partial charge >= 0.3 is 0 Å². The highest BCUT2D eigenvalue weighted by atomic mass is 32.1. The zero-order valence-electron chi connectivity index (χ0n) is 18.0. The third-order valence-corrected chi connectivity index (χ3v) is 6.70. The van der Waals surface area contributed by atoms with E-state index in [0.29, 0.717) is 31.9 Å². The predicted molar refractivity (Wildman–Crippen MR) is 123 cm³/mol. The Balaban J connectivity index is 1.54. The summed E-state index contributed by atoms with van der Waals surface area (Å²) in [5, 5.41) is 2.07. The van der Waals surface area contributed by atoms with Crippen LogP contribution in [0.2, 0.25) is 0 Å². The molecule has 2 aromatic heterocycles. The molecule has 1 aliphatic heterocycles. The molecular formula is C24H28N4O2S. The van der Waals surface area contributed by atoms with E-state index in [9.17, 15) is 9.59 Å². The van der Waals surface area contributed by atoms with Gasteiger partial charge in [-0.05, 0) is 35.4 Å². The molecule has 162 valence electrons. The van der Waals surface area contributed by atoms with Crippen LogP contribution in [-0.4, -0.2) is 57.3 Å². The van der Waals surface area contributed by atoms with E-state index in [1.54, 1.807) is 33.2 Å². The second-order valence-corrected chi connectivity index (χ2v) is 8.96. The van der Waals surface area contributed by atoms with Gasteiger partial charge in [-0.1, -0.05) is 37.3 Å². The van der Waals surface area contributed by atoms with E-state index in [4.69, 9.17) is 0 Å². The number of nitrogens with zero attached hydrogens (tertiary/aromatic N) is 4. The molecule has 1 fully saturated rings. The molecule has 0 saturated carbocycles. The SMILES string of the molecule is CCCN1CCN(C(=O)c2nccn2C)CC(Cc2ccc(-c3cccs3)cc2)C1=O. The van der Waals surface area contributed by atoms with Gasteiger partial charge in [-0.3, -0.25) is 9.59 Å². The molecule has 1 aliphatic rings. The fraction of sp³-hybridized carbons (Fsp3) is 0.375. The van der Waals surface area contributed by atoms with Crippen LogP contribution in [0.1, 0.15) is 29.5 Å². The second kappa shape index (κ2) is 9.47. The molecule has 0 N–H and O–H groups in total. The maximum absolute atomic E-state index is 13.3. The maximum Gasteiger partial charge on any atom is 0.289 e. The summed E-state index contributed by atoms with van der Waals surface area (Å²) in [4.78, 5) is 35.5. The summed E-state index contributed by atoms with van der Waals surface area (Å²) in [5.41, 5.74) is 2.30. The molecule has 1 atom stereocenters. The average Bonchev–Trinajstić information content (AvgIpc) is 3.43. The van der Waals surface area contributed by atoms with Crippen molar-refractivity contribution >= 4 is 23.2 Å². The van der Waals surface area contributed by atoms with Crippen LogP contribution in [0, 0.1) is 5.92 Å². The molecule has 6 nitrogen and oxygen atoms in total. The third kappa shape index (κ3) is 4.71. The number of hydrogen-bond donors (Lipinski definition) is 0. The molecule has 0 radical (unpaired) electrons. The standard InChI is InChI=1S/C24H28N4O2S/c1-3-11-27-13-14-28(24(30)22-25-10-12-26(22)2)17-20(23(27)29)16-18-6-8-19(9-7-18)21-5-4-15-31-21/h4-10,12,15,20H,3,11,13-14,16-17H2,1-2H3. The number of carbonyl (C=O) groups excluding carboxylic acids is 2. The molecule has 1 saturated heterocycles. The van der Waals surface area contributed by atoms with Gasteiger partial charge in [0.2, 0.25) is 5.91 Å². The van der Waals surface area contributed by atoms with Crippen molar-refractivity contribution in [2.75, 3.05) is 26.2 Å². The van der Waals surface area contributed by atoms with Crippen LogP contribution in [0.5, 0.6) is 0 Å². The van der Waals surface area contributed by atoms with Crippen molar-refractivity contribution in [2.45, 2.75) is 19.8 Å². The minimum absolute atomic E-state index is 0.114. The number of rotatable bonds is 6. The highest BCUT2D eigenvalue weighted by Crippen LogP contribution is 2.26. The Labute approximate surface area is 187 Å². The van der Waals surface area contributed by atoms with E-state index in [1.807, 2.05) is 18.0 Å². The highest BCUT2D eigenvalue weighted by molar-refractivity contribution is 7.13. The minimum Gasteiger partial charge on any atom is -0.341 e. The van der Waals surface area contributed by atoms with Crippen LogP contribution in [0.3, 0.4) is 0 Å². The lowest BCUT2D eigenvalue weighted by Gasteiger charge is -2.24. The van der Waals surface area contributed by atoms with E-state index in [2.05, 4.69) is 47.6 Å². The Kier molecular flexibility index (Phi) is 6.51. The summed E-state index contributed by atoms with van der Waals surface area (Å²) in [6, 6.07) is 12.6. The Morgan fingerprint density at radius 2 is 2.00 bits per heavy atom. The monoisotopic (exact) mass is 436 g/mol. The number of aromatic nitrogens is 2. The van der Waals surface area contributed by atoms with Gasteiger partial charge in [-0.25, -0.2) is 4.98 Å². The molecule has 2 amide bonds. The Hall–Kier alpha value is -2.93. The third-order valence-electron chi connectivity index (χ3n) is 5.78. The van der Waals surface area contributed by atoms with Crippen LogP contribution in [-0.2, 0) is 18.3 Å². The summed E-state index contributed by atoms with van der Waals surface area (Å²) < 4.78 is 1.73. The smallest absolute Gasteiger partial charge is 0.289 e. The first-order valence-corrected chi connectivity index (χ1v) is 11.6. The molecule has 1 unspecified atom stereocenters. The summed E-state index contributed by atoms with van der Waals surface area (Å²) in [6.45, 7) is 4.31. The predicted octanol–water partition coefficient (Wildman–Crippen LogP) is 3.70. The summed E-state index contributed by atoms with van der Waals surface area (Å²) in [5.74, 6) is 0.178. The molecule has 3 aromatic rings. The molecule has 0 aliphatic carbocycles. The first-order chi connectivity index (χ1) is 15.1. The van der Waals surface area contributed by atoms with Gasteiger partial charge in [0, 0.05) is 50.5 Å². The first-order valence-electron chi connectivity index (χ1n) is 10.7. The molecule has 4 rings (SSSR count). The zero-order chi connectivity index (χ0) is 21.8. The van der Waals surface area contributed by atoms with Crippen LogP contribution >= 0.6 is 11.3 Å². The fourth-order valence-corrected chi connectivity index (χ4v) is 4.85. The van der Waals surface area contributed by atoms with Gasteiger partial charge in [-0.15, -0.1) is 11.3 Å². The van der Waals surface area contributed by atoms with Crippen LogP contribution in [0.25, 0.3) is 10.4 Å². The fourth-order valence-electron chi connectivity index (χ4n) is 4.12. The van der Waals surface area contributed by atoms with Crippen molar-refractivity contribution in [3.8, 4) is 10.4 Å². The molecule has 3 heterocycles. The van der Waals surface area contributed by atoms with Gasteiger partial charge in [0.1, 0.15) is 0 Å². The van der Waals surface area contributed by atoms with Crippen molar-refractivity contribution in [1.29, 1.82) is 0 Å². The van der Waals surface area contributed by atoms with E-state index < -0.39 is 0 Å².